The summed E-state index contributed by atoms with van der Waals surface area (Å²) in [5, 5.41) is 7.78. The van der Waals surface area contributed by atoms with Gasteiger partial charge in [-0.2, -0.15) is 5.10 Å². The standard InChI is InChI=1S/C18H24N4O/c1-10-14(7-8-19-13-5-6-13)11(2)20-16(10)9-15-17(12-3-4-12)21-22-18(15)23/h9,12-13,19-20H,3-8H2,1-2H3,(H,22,23). The van der Waals surface area contributed by atoms with Gasteiger partial charge in [0.05, 0.1) is 11.3 Å². The summed E-state index contributed by atoms with van der Waals surface area (Å²) < 4.78 is 0. The van der Waals surface area contributed by atoms with Gasteiger partial charge >= 0.3 is 0 Å². The van der Waals surface area contributed by atoms with Crippen LogP contribution in [0.1, 0.15) is 48.2 Å². The van der Waals surface area contributed by atoms with E-state index in [2.05, 4.69) is 34.7 Å². The summed E-state index contributed by atoms with van der Waals surface area (Å²) in [4.78, 5) is 15.5. The van der Waals surface area contributed by atoms with E-state index in [1.807, 2.05) is 6.08 Å². The van der Waals surface area contributed by atoms with Crippen molar-refractivity contribution in [1.29, 1.82) is 0 Å². The van der Waals surface area contributed by atoms with Crippen LogP contribution in [0, 0.1) is 19.8 Å². The average molecular weight is 312 g/mol. The van der Waals surface area contributed by atoms with Crippen molar-refractivity contribution in [3.63, 3.8) is 0 Å². The van der Waals surface area contributed by atoms with Crippen LogP contribution < -0.4 is 10.7 Å². The molecule has 0 bridgehead atoms. The minimum atomic E-state index is -0.0736. The molecule has 4 rings (SSSR count). The number of rotatable bonds is 6. The van der Waals surface area contributed by atoms with E-state index in [4.69, 9.17) is 0 Å². The second-order valence-electron chi connectivity index (χ2n) is 7.02. The summed E-state index contributed by atoms with van der Waals surface area (Å²) in [5.74, 6) is 0.397. The largest absolute Gasteiger partial charge is 0.359 e. The molecule has 122 valence electrons. The fourth-order valence-electron chi connectivity index (χ4n) is 3.32. The topological polar surface area (TPSA) is 69.3 Å². The Morgan fingerprint density at radius 1 is 1.26 bits per heavy atom. The Morgan fingerprint density at radius 2 is 2.04 bits per heavy atom. The first-order chi connectivity index (χ1) is 11.1. The molecule has 3 N–H and O–H groups in total. The Morgan fingerprint density at radius 3 is 2.74 bits per heavy atom. The highest BCUT2D eigenvalue weighted by Crippen LogP contribution is 2.35. The maximum Gasteiger partial charge on any atom is 0.273 e. The van der Waals surface area contributed by atoms with Crippen molar-refractivity contribution >= 4 is 17.7 Å². The Kier molecular flexibility index (Phi) is 3.60. The number of nitrogens with one attached hydrogen (secondary N) is 3. The van der Waals surface area contributed by atoms with Crippen LogP contribution in [-0.4, -0.2) is 29.2 Å². The highest BCUT2D eigenvalue weighted by molar-refractivity contribution is 6.28. The van der Waals surface area contributed by atoms with E-state index in [1.54, 1.807) is 0 Å². The molecular weight excluding hydrogens is 288 g/mol. The Hall–Kier alpha value is -1.88. The third kappa shape index (κ3) is 2.98. The minimum absolute atomic E-state index is 0.0736. The van der Waals surface area contributed by atoms with Gasteiger partial charge in [-0.15, -0.1) is 0 Å². The van der Waals surface area contributed by atoms with Gasteiger partial charge in [-0.3, -0.25) is 4.79 Å². The smallest absolute Gasteiger partial charge is 0.273 e. The van der Waals surface area contributed by atoms with E-state index in [-0.39, 0.29) is 5.91 Å². The molecule has 0 unspecified atom stereocenters. The monoisotopic (exact) mass is 312 g/mol. The van der Waals surface area contributed by atoms with Gasteiger partial charge in [0.25, 0.3) is 5.91 Å². The number of H-pyrrole nitrogens is 1. The van der Waals surface area contributed by atoms with Gasteiger partial charge in [-0.05, 0) is 69.7 Å². The number of carbonyl (C=O) groups is 1. The van der Waals surface area contributed by atoms with E-state index in [0.717, 1.165) is 48.8 Å². The van der Waals surface area contributed by atoms with Crippen LogP contribution in [0.15, 0.2) is 10.7 Å². The molecule has 3 aliphatic rings. The number of hydrazone groups is 1. The van der Waals surface area contributed by atoms with Crippen LogP contribution in [0.5, 0.6) is 0 Å². The van der Waals surface area contributed by atoms with Crippen molar-refractivity contribution in [2.24, 2.45) is 11.0 Å². The zero-order chi connectivity index (χ0) is 16.0. The van der Waals surface area contributed by atoms with Crippen LogP contribution in [-0.2, 0) is 11.2 Å². The summed E-state index contributed by atoms with van der Waals surface area (Å²) >= 11 is 0. The number of amides is 1. The molecule has 0 aromatic carbocycles. The second-order valence-corrected chi connectivity index (χ2v) is 7.02. The van der Waals surface area contributed by atoms with Gasteiger partial charge in [0, 0.05) is 23.3 Å². The van der Waals surface area contributed by atoms with E-state index in [0.29, 0.717) is 5.92 Å². The first-order valence-electron chi connectivity index (χ1n) is 8.65. The van der Waals surface area contributed by atoms with Gasteiger partial charge in [-0.1, -0.05) is 0 Å². The molecule has 1 aromatic rings. The fourth-order valence-corrected chi connectivity index (χ4v) is 3.32. The third-order valence-electron chi connectivity index (χ3n) is 5.07. The summed E-state index contributed by atoms with van der Waals surface area (Å²) in [6, 6.07) is 0.746. The molecule has 0 spiro atoms. The lowest BCUT2D eigenvalue weighted by atomic mass is 10.0. The van der Waals surface area contributed by atoms with Crippen LogP contribution in [0.25, 0.3) is 6.08 Å². The molecule has 2 heterocycles. The lowest BCUT2D eigenvalue weighted by molar-refractivity contribution is -0.116. The minimum Gasteiger partial charge on any atom is -0.359 e. The molecule has 23 heavy (non-hydrogen) atoms. The maximum atomic E-state index is 12.1. The predicted molar refractivity (Wildman–Crippen MR) is 91.3 cm³/mol. The Balaban J connectivity index is 1.55. The Labute approximate surface area is 136 Å². The summed E-state index contributed by atoms with van der Waals surface area (Å²) in [5.41, 5.74) is 9.16. The highest BCUT2D eigenvalue weighted by Gasteiger charge is 2.36. The number of aromatic amines is 1. The lowest BCUT2D eigenvalue weighted by Gasteiger charge is -2.04. The summed E-state index contributed by atoms with van der Waals surface area (Å²) in [6.07, 6.45) is 7.95. The first-order valence-corrected chi connectivity index (χ1v) is 8.65. The number of aromatic nitrogens is 1. The Bertz CT molecular complexity index is 705. The van der Waals surface area contributed by atoms with Crippen LogP contribution in [0.2, 0.25) is 0 Å². The van der Waals surface area contributed by atoms with Crippen molar-refractivity contribution < 1.29 is 4.79 Å². The molecule has 2 saturated carbocycles. The van der Waals surface area contributed by atoms with Crippen LogP contribution >= 0.6 is 0 Å². The quantitative estimate of drug-likeness (QED) is 0.705. The van der Waals surface area contributed by atoms with Crippen molar-refractivity contribution in [2.75, 3.05) is 6.54 Å². The van der Waals surface area contributed by atoms with Crippen LogP contribution in [0.4, 0.5) is 0 Å². The van der Waals surface area contributed by atoms with E-state index in [1.165, 1.54) is 29.7 Å². The van der Waals surface area contributed by atoms with Gasteiger partial charge < -0.3 is 10.3 Å². The number of nitrogens with zero attached hydrogens (tertiary/aromatic N) is 1. The molecular formula is C18H24N4O. The van der Waals surface area contributed by atoms with Crippen LogP contribution in [0.3, 0.4) is 0 Å². The predicted octanol–water partition coefficient (Wildman–Crippen LogP) is 2.21. The summed E-state index contributed by atoms with van der Waals surface area (Å²) in [6.45, 7) is 5.28. The highest BCUT2D eigenvalue weighted by atomic mass is 16.2. The first kappa shape index (κ1) is 14.7. The molecule has 0 radical (unpaired) electrons. The molecule has 5 nitrogen and oxygen atoms in total. The zero-order valence-electron chi connectivity index (χ0n) is 13.8. The average Bonchev–Trinajstić information content (AvgIpc) is 3.43. The molecule has 0 saturated heterocycles. The third-order valence-corrected chi connectivity index (χ3v) is 5.07. The van der Waals surface area contributed by atoms with E-state index < -0.39 is 0 Å². The van der Waals surface area contributed by atoms with Crippen molar-refractivity contribution in [2.45, 2.75) is 52.0 Å². The molecule has 2 fully saturated rings. The number of hydrogen-bond acceptors (Lipinski definition) is 3. The van der Waals surface area contributed by atoms with Gasteiger partial charge in [-0.25, -0.2) is 5.43 Å². The van der Waals surface area contributed by atoms with E-state index in [9.17, 15) is 4.79 Å². The maximum absolute atomic E-state index is 12.1. The van der Waals surface area contributed by atoms with Crippen molar-refractivity contribution in [3.8, 4) is 0 Å². The zero-order valence-corrected chi connectivity index (χ0v) is 13.8. The molecule has 5 heteroatoms. The lowest BCUT2D eigenvalue weighted by Crippen LogP contribution is -2.19. The van der Waals surface area contributed by atoms with E-state index >= 15 is 0 Å². The fraction of sp³-hybridized carbons (Fsp3) is 0.556. The molecule has 1 aromatic heterocycles. The molecule has 1 aliphatic heterocycles. The van der Waals surface area contributed by atoms with Gasteiger partial charge in [0.2, 0.25) is 0 Å². The summed E-state index contributed by atoms with van der Waals surface area (Å²) in [7, 11) is 0. The number of carbonyl (C=O) groups excluding carboxylic acids is 1. The van der Waals surface area contributed by atoms with Gasteiger partial charge in [0.1, 0.15) is 0 Å². The normalized spacial score (nSPS) is 22.6. The van der Waals surface area contributed by atoms with Crippen molar-refractivity contribution in [1.82, 2.24) is 15.7 Å². The number of hydrogen-bond donors (Lipinski definition) is 3. The van der Waals surface area contributed by atoms with Crippen molar-refractivity contribution in [3.05, 3.63) is 28.1 Å². The second kappa shape index (κ2) is 5.64. The number of aryl methyl sites for hydroxylation is 1. The molecule has 0 atom stereocenters. The molecule has 1 amide bonds. The molecule has 2 aliphatic carbocycles. The SMILES string of the molecule is Cc1[nH]c(C=C2C(=O)NN=C2C2CC2)c(C)c1CCNC1CC1. The van der Waals surface area contributed by atoms with Gasteiger partial charge in [0.15, 0.2) is 0 Å².